The molecule has 0 amide bonds. The molecular formula is C26H36FN3. The van der Waals surface area contributed by atoms with Crippen molar-refractivity contribution >= 4 is 16.6 Å². The SMILES string of the molecule is CC1=CC(n2c(C(C)C)c(C3CC(C)(C)C3)c3cc(N)c(C(C)N)cc32)CC=C1F. The van der Waals surface area contributed by atoms with Gasteiger partial charge in [0.1, 0.15) is 5.83 Å². The molecule has 3 nitrogen and oxygen atoms in total. The molecule has 30 heavy (non-hydrogen) atoms. The lowest BCUT2D eigenvalue weighted by Gasteiger charge is -2.43. The molecule has 2 unspecified atom stereocenters. The highest BCUT2D eigenvalue weighted by atomic mass is 19.1. The zero-order chi connectivity index (χ0) is 22.0. The maximum absolute atomic E-state index is 14.1. The minimum atomic E-state index is -0.132. The Kier molecular flexibility index (Phi) is 5.13. The van der Waals surface area contributed by atoms with E-state index < -0.39 is 0 Å². The van der Waals surface area contributed by atoms with E-state index in [0.717, 1.165) is 16.8 Å². The van der Waals surface area contributed by atoms with E-state index in [0.29, 0.717) is 23.7 Å². The van der Waals surface area contributed by atoms with Gasteiger partial charge in [-0.15, -0.1) is 0 Å². The summed E-state index contributed by atoms with van der Waals surface area (Å²) in [5, 5.41) is 1.25. The minimum absolute atomic E-state index is 0.102. The van der Waals surface area contributed by atoms with E-state index in [1.165, 1.54) is 35.0 Å². The van der Waals surface area contributed by atoms with Gasteiger partial charge in [0, 0.05) is 28.3 Å². The summed E-state index contributed by atoms with van der Waals surface area (Å²) in [6, 6.07) is 4.31. The van der Waals surface area contributed by atoms with Crippen LogP contribution < -0.4 is 11.5 Å². The van der Waals surface area contributed by atoms with Crippen molar-refractivity contribution in [3.8, 4) is 0 Å². The molecule has 2 aromatic rings. The molecule has 1 saturated carbocycles. The number of hydrogen-bond acceptors (Lipinski definition) is 2. The maximum Gasteiger partial charge on any atom is 0.121 e. The number of rotatable bonds is 4. The van der Waals surface area contributed by atoms with Crippen molar-refractivity contribution in [1.82, 2.24) is 4.57 Å². The molecule has 4 N–H and O–H groups in total. The zero-order valence-electron chi connectivity index (χ0n) is 19.2. The first kappa shape index (κ1) is 21.2. The lowest BCUT2D eigenvalue weighted by Crippen LogP contribution is -2.30. The van der Waals surface area contributed by atoms with Crippen LogP contribution in [-0.2, 0) is 0 Å². The van der Waals surface area contributed by atoms with E-state index in [2.05, 4.69) is 50.5 Å². The molecule has 0 bridgehead atoms. The van der Waals surface area contributed by atoms with Crippen molar-refractivity contribution < 1.29 is 4.39 Å². The van der Waals surface area contributed by atoms with E-state index in [1.54, 1.807) is 6.08 Å². The second kappa shape index (κ2) is 7.26. The van der Waals surface area contributed by atoms with Gasteiger partial charge in [0.05, 0.1) is 6.04 Å². The summed E-state index contributed by atoms with van der Waals surface area (Å²) in [6.07, 6.45) is 6.85. The molecule has 2 aliphatic rings. The van der Waals surface area contributed by atoms with Gasteiger partial charge in [0.25, 0.3) is 0 Å². The third-order valence-electron chi connectivity index (χ3n) is 7.02. The molecule has 0 aliphatic heterocycles. The van der Waals surface area contributed by atoms with Crippen molar-refractivity contribution in [2.45, 2.75) is 84.7 Å². The smallest absolute Gasteiger partial charge is 0.121 e. The summed E-state index contributed by atoms with van der Waals surface area (Å²) in [5.74, 6) is 0.804. The fraction of sp³-hybridized carbons (Fsp3) is 0.538. The molecule has 1 fully saturated rings. The van der Waals surface area contributed by atoms with Crippen LogP contribution in [0.2, 0.25) is 0 Å². The third-order valence-corrected chi connectivity index (χ3v) is 7.02. The van der Waals surface area contributed by atoms with E-state index in [-0.39, 0.29) is 17.9 Å². The molecule has 162 valence electrons. The van der Waals surface area contributed by atoms with Crippen LogP contribution in [0.25, 0.3) is 10.9 Å². The second-order valence-electron chi connectivity index (χ2n) is 10.6. The quantitative estimate of drug-likeness (QED) is 0.533. The molecule has 0 spiro atoms. The third kappa shape index (κ3) is 3.39. The van der Waals surface area contributed by atoms with Crippen LogP contribution in [0.5, 0.6) is 0 Å². The van der Waals surface area contributed by atoms with Gasteiger partial charge in [-0.05, 0) is 85.3 Å². The Bertz CT molecular complexity index is 1040. The van der Waals surface area contributed by atoms with Crippen molar-refractivity contribution in [1.29, 1.82) is 0 Å². The number of hydrogen-bond donors (Lipinski definition) is 2. The molecule has 4 heteroatoms. The van der Waals surface area contributed by atoms with Crippen LogP contribution in [0.3, 0.4) is 0 Å². The summed E-state index contributed by atoms with van der Waals surface area (Å²) in [6.45, 7) is 13.1. The first-order valence-corrected chi connectivity index (χ1v) is 11.3. The Morgan fingerprint density at radius 3 is 2.37 bits per heavy atom. The molecular weight excluding hydrogens is 373 g/mol. The maximum atomic E-state index is 14.1. The summed E-state index contributed by atoms with van der Waals surface area (Å²) in [4.78, 5) is 0. The van der Waals surface area contributed by atoms with E-state index in [4.69, 9.17) is 11.5 Å². The topological polar surface area (TPSA) is 57.0 Å². The summed E-state index contributed by atoms with van der Waals surface area (Å²) >= 11 is 0. The zero-order valence-corrected chi connectivity index (χ0v) is 19.2. The van der Waals surface area contributed by atoms with Gasteiger partial charge in [-0.3, -0.25) is 0 Å². The van der Waals surface area contributed by atoms with Gasteiger partial charge in [-0.2, -0.15) is 0 Å². The number of anilines is 1. The van der Waals surface area contributed by atoms with Crippen LogP contribution in [0, 0.1) is 5.41 Å². The molecule has 1 heterocycles. The van der Waals surface area contributed by atoms with Crippen LogP contribution in [0.4, 0.5) is 10.1 Å². The molecule has 4 rings (SSSR count). The van der Waals surface area contributed by atoms with Gasteiger partial charge >= 0.3 is 0 Å². The average molecular weight is 410 g/mol. The Morgan fingerprint density at radius 2 is 1.83 bits per heavy atom. The lowest BCUT2D eigenvalue weighted by atomic mass is 9.61. The molecule has 2 atom stereocenters. The van der Waals surface area contributed by atoms with Crippen molar-refractivity contribution in [2.24, 2.45) is 11.1 Å². The van der Waals surface area contributed by atoms with Crippen LogP contribution in [-0.4, -0.2) is 4.57 Å². The Hall–Kier alpha value is -2.07. The predicted octanol–water partition coefficient (Wildman–Crippen LogP) is 7.01. The molecule has 1 aromatic carbocycles. The fourth-order valence-electron chi connectivity index (χ4n) is 5.68. The lowest BCUT2D eigenvalue weighted by molar-refractivity contribution is 0.151. The minimum Gasteiger partial charge on any atom is -0.398 e. The fourth-order valence-corrected chi connectivity index (χ4v) is 5.68. The normalized spacial score (nSPS) is 22.8. The number of benzene rings is 1. The van der Waals surface area contributed by atoms with Gasteiger partial charge in [-0.1, -0.05) is 33.8 Å². The largest absolute Gasteiger partial charge is 0.398 e. The number of aromatic nitrogens is 1. The monoisotopic (exact) mass is 409 g/mol. The molecule has 0 radical (unpaired) electrons. The highest BCUT2D eigenvalue weighted by Gasteiger charge is 2.41. The first-order chi connectivity index (χ1) is 14.0. The number of fused-ring (bicyclic) bond motifs is 1. The van der Waals surface area contributed by atoms with Crippen molar-refractivity contribution in [3.63, 3.8) is 0 Å². The molecule has 1 aromatic heterocycles. The second-order valence-corrected chi connectivity index (χ2v) is 10.6. The number of nitrogens with zero attached hydrogens (tertiary/aromatic N) is 1. The summed E-state index contributed by atoms with van der Waals surface area (Å²) < 4.78 is 16.6. The highest BCUT2D eigenvalue weighted by molar-refractivity contribution is 5.91. The van der Waals surface area contributed by atoms with Gasteiger partial charge in [0.2, 0.25) is 0 Å². The van der Waals surface area contributed by atoms with Gasteiger partial charge < -0.3 is 16.0 Å². The van der Waals surface area contributed by atoms with Crippen LogP contribution >= 0.6 is 0 Å². The summed E-state index contributed by atoms with van der Waals surface area (Å²) in [7, 11) is 0. The van der Waals surface area contributed by atoms with E-state index in [1.807, 2.05) is 13.8 Å². The Morgan fingerprint density at radius 1 is 1.17 bits per heavy atom. The van der Waals surface area contributed by atoms with Crippen LogP contribution in [0.1, 0.15) is 102 Å². The standard InChI is InChI=1S/C26H36FN3/c1-14(2)25-24(17-12-26(5,6)13-17)20-10-22(29)19(16(4)28)11-23(20)30(25)18-7-8-21(27)15(3)9-18/h8-11,14,16-18H,7,12-13,28-29H2,1-6H3. The number of nitrogens with two attached hydrogens (primary N) is 2. The van der Waals surface area contributed by atoms with E-state index >= 15 is 0 Å². The van der Waals surface area contributed by atoms with Crippen LogP contribution in [0.15, 0.2) is 35.7 Å². The average Bonchev–Trinajstić information content (AvgIpc) is 2.95. The highest BCUT2D eigenvalue weighted by Crippen LogP contribution is 2.55. The predicted molar refractivity (Wildman–Crippen MR) is 125 cm³/mol. The first-order valence-electron chi connectivity index (χ1n) is 11.3. The Labute approximate surface area is 180 Å². The summed E-state index contributed by atoms with van der Waals surface area (Å²) in [5.41, 5.74) is 19.6. The van der Waals surface area contributed by atoms with E-state index in [9.17, 15) is 4.39 Å². The molecule has 2 aliphatic carbocycles. The number of halogens is 1. The Balaban J connectivity index is 2.01. The number of nitrogen functional groups attached to an aromatic ring is 1. The molecule has 0 saturated heterocycles. The van der Waals surface area contributed by atoms with Gasteiger partial charge in [-0.25, -0.2) is 4.39 Å². The van der Waals surface area contributed by atoms with Crippen molar-refractivity contribution in [3.05, 3.63) is 52.5 Å². The van der Waals surface area contributed by atoms with Crippen molar-refractivity contribution in [2.75, 3.05) is 5.73 Å². The number of allylic oxidation sites excluding steroid dienone is 4. The van der Waals surface area contributed by atoms with Gasteiger partial charge in [0.15, 0.2) is 0 Å².